The van der Waals surface area contributed by atoms with Gasteiger partial charge in [0, 0.05) is 13.1 Å². The second-order valence-corrected chi connectivity index (χ2v) is 9.82. The Morgan fingerprint density at radius 2 is 1.19 bits per heavy atom. The number of quaternary nitrogens is 1. The maximum Gasteiger partial charge on any atom is 0.439 e. The highest BCUT2D eigenvalue weighted by atomic mass is 32.2. The van der Waals surface area contributed by atoms with Crippen LogP contribution in [0.2, 0.25) is 0 Å². The lowest BCUT2D eigenvalue weighted by molar-refractivity contribution is -0.987. The molecule has 0 aliphatic carbocycles. The van der Waals surface area contributed by atoms with Crippen LogP contribution in [0.4, 0.5) is 26.3 Å². The van der Waals surface area contributed by atoms with E-state index in [1.165, 1.54) is 0 Å². The third-order valence-corrected chi connectivity index (χ3v) is 6.64. The summed E-state index contributed by atoms with van der Waals surface area (Å²) in [5.74, 6) is -6.91. The minimum atomic E-state index is -7.02. The molecule has 26 heavy (non-hydrogen) atoms. The molecule has 0 aromatic carbocycles. The molecule has 1 saturated heterocycles. The number of hydrogen-bond acceptors (Lipinski definition) is 5. The van der Waals surface area contributed by atoms with Crippen molar-refractivity contribution in [3.05, 3.63) is 0 Å². The maximum atomic E-state index is 13.9. The number of sulfonamides is 1. The SMILES string of the molecule is C[N+](C)(C)N1CCN(S(=O)(=O)C(F)(F)C(F)(F)C(F)(F)S(=O)(=O)O)CC1. The predicted octanol–water partition coefficient (Wildman–Crippen LogP) is 0.264. The number of piperazine rings is 1. The zero-order valence-electron chi connectivity index (χ0n) is 13.8. The summed E-state index contributed by atoms with van der Waals surface area (Å²) < 4.78 is 134. The summed E-state index contributed by atoms with van der Waals surface area (Å²) in [7, 11) is -8.39. The molecule has 1 rings (SSSR count). The molecule has 1 N–H and O–H groups in total. The van der Waals surface area contributed by atoms with Crippen LogP contribution in [0.1, 0.15) is 0 Å². The minimum absolute atomic E-state index is 0.118. The Balaban J connectivity index is 3.23. The van der Waals surface area contributed by atoms with Gasteiger partial charge in [0.1, 0.15) is 0 Å². The quantitative estimate of drug-likeness (QED) is 0.363. The second-order valence-electron chi connectivity index (χ2n) is 6.38. The van der Waals surface area contributed by atoms with Crippen LogP contribution in [0.5, 0.6) is 0 Å². The van der Waals surface area contributed by atoms with Crippen molar-refractivity contribution < 1.29 is 52.3 Å². The fourth-order valence-corrected chi connectivity index (χ4v) is 4.11. The van der Waals surface area contributed by atoms with E-state index in [4.69, 9.17) is 4.55 Å². The molecule has 0 bridgehead atoms. The highest BCUT2D eigenvalue weighted by Crippen LogP contribution is 2.51. The third kappa shape index (κ3) is 3.54. The predicted molar refractivity (Wildman–Crippen MR) is 76.5 cm³/mol. The molecule has 156 valence electrons. The lowest BCUT2D eigenvalue weighted by atomic mass is 10.3. The molecular formula is C10H18F6N3O5S2+. The summed E-state index contributed by atoms with van der Waals surface area (Å²) in [5.41, 5.74) is 0. The number of halogens is 6. The first kappa shape index (κ1) is 23.4. The van der Waals surface area contributed by atoms with Crippen LogP contribution in [0, 0.1) is 0 Å². The Hall–Kier alpha value is -0.680. The van der Waals surface area contributed by atoms with E-state index >= 15 is 0 Å². The fraction of sp³-hybridized carbons (Fsp3) is 1.00. The van der Waals surface area contributed by atoms with Gasteiger partial charge in [-0.3, -0.25) is 9.14 Å². The van der Waals surface area contributed by atoms with Gasteiger partial charge in [0.05, 0.1) is 34.2 Å². The zero-order chi connectivity index (χ0) is 21.0. The van der Waals surface area contributed by atoms with E-state index in [1.807, 2.05) is 0 Å². The highest BCUT2D eigenvalue weighted by Gasteiger charge is 2.82. The molecule has 8 nitrogen and oxygen atoms in total. The zero-order valence-corrected chi connectivity index (χ0v) is 15.5. The molecule has 0 atom stereocenters. The van der Waals surface area contributed by atoms with Crippen LogP contribution >= 0.6 is 0 Å². The average molecular weight is 438 g/mol. The number of rotatable bonds is 6. The maximum absolute atomic E-state index is 13.9. The largest absolute Gasteiger partial charge is 0.439 e. The van der Waals surface area contributed by atoms with E-state index in [9.17, 15) is 43.2 Å². The van der Waals surface area contributed by atoms with Crippen molar-refractivity contribution in [2.24, 2.45) is 0 Å². The van der Waals surface area contributed by atoms with Crippen LogP contribution in [0.15, 0.2) is 0 Å². The monoisotopic (exact) mass is 438 g/mol. The normalized spacial score (nSPS) is 20.4. The summed E-state index contributed by atoms with van der Waals surface area (Å²) in [6, 6.07) is 0. The topological polar surface area (TPSA) is 95.0 Å². The smallest absolute Gasteiger partial charge is 0.281 e. The molecule has 0 spiro atoms. The van der Waals surface area contributed by atoms with E-state index in [0.717, 1.165) is 0 Å². The van der Waals surface area contributed by atoms with Gasteiger partial charge in [0.2, 0.25) is 0 Å². The molecule has 0 unspecified atom stereocenters. The van der Waals surface area contributed by atoms with Crippen molar-refractivity contribution in [1.82, 2.24) is 9.31 Å². The molecule has 0 saturated carbocycles. The molecule has 1 aliphatic heterocycles. The van der Waals surface area contributed by atoms with E-state index in [2.05, 4.69) is 0 Å². The fourth-order valence-electron chi connectivity index (χ4n) is 2.17. The van der Waals surface area contributed by atoms with Crippen LogP contribution in [0.25, 0.3) is 0 Å². The second kappa shape index (κ2) is 6.44. The van der Waals surface area contributed by atoms with Gasteiger partial charge in [0.15, 0.2) is 0 Å². The molecular weight excluding hydrogens is 420 g/mol. The Labute approximate surface area is 146 Å². The lowest BCUT2D eigenvalue weighted by Gasteiger charge is -2.42. The van der Waals surface area contributed by atoms with Crippen molar-refractivity contribution in [2.75, 3.05) is 47.3 Å². The molecule has 1 heterocycles. The number of hydrogen-bond donors (Lipinski definition) is 1. The highest BCUT2D eigenvalue weighted by molar-refractivity contribution is 7.90. The first-order valence-corrected chi connectivity index (χ1v) is 9.76. The van der Waals surface area contributed by atoms with Crippen molar-refractivity contribution in [3.63, 3.8) is 0 Å². The molecule has 0 radical (unpaired) electrons. The van der Waals surface area contributed by atoms with Gasteiger partial charge in [-0.1, -0.05) is 0 Å². The number of nitrogens with zero attached hydrogens (tertiary/aromatic N) is 3. The molecule has 1 aliphatic rings. The van der Waals surface area contributed by atoms with E-state index in [0.29, 0.717) is 0 Å². The summed E-state index contributed by atoms with van der Waals surface area (Å²) in [5, 5.41) is -11.6. The standard InChI is InChI=1S/C10H17F6N3O5S2/c1-19(2,3)17-4-6-18(7-5-17)25(20,21)9(13,14)8(11,12)10(15,16)26(22,23)24/h4-7H2,1-3H3/p+1. The van der Waals surface area contributed by atoms with E-state index in [-0.39, 0.29) is 22.0 Å². The Morgan fingerprint density at radius 3 is 1.50 bits per heavy atom. The molecule has 0 aromatic rings. The summed E-state index contributed by atoms with van der Waals surface area (Å²) in [6.45, 7) is -1.75. The Kier molecular flexibility index (Phi) is 5.79. The Morgan fingerprint density at radius 1 is 0.808 bits per heavy atom. The number of alkyl halides is 6. The van der Waals surface area contributed by atoms with Gasteiger partial charge in [0.25, 0.3) is 10.0 Å². The molecule has 0 aromatic heterocycles. The Bertz CT molecular complexity index is 742. The van der Waals surface area contributed by atoms with Gasteiger partial charge in [-0.15, -0.1) is 0 Å². The first-order valence-electron chi connectivity index (χ1n) is 6.88. The van der Waals surface area contributed by atoms with Crippen molar-refractivity contribution in [1.29, 1.82) is 0 Å². The summed E-state index contributed by atoms with van der Waals surface area (Å²) in [4.78, 5) is 0. The summed E-state index contributed by atoms with van der Waals surface area (Å²) >= 11 is 0. The molecule has 0 amide bonds. The van der Waals surface area contributed by atoms with Crippen molar-refractivity contribution >= 4 is 20.1 Å². The van der Waals surface area contributed by atoms with Gasteiger partial charge in [-0.25, -0.2) is 8.42 Å². The van der Waals surface area contributed by atoms with Crippen LogP contribution < -0.4 is 0 Å². The van der Waals surface area contributed by atoms with Crippen LogP contribution in [-0.2, 0) is 20.1 Å². The van der Waals surface area contributed by atoms with E-state index in [1.54, 1.807) is 26.2 Å². The van der Waals surface area contributed by atoms with Crippen molar-refractivity contribution in [2.45, 2.75) is 16.4 Å². The van der Waals surface area contributed by atoms with Gasteiger partial charge >= 0.3 is 26.5 Å². The van der Waals surface area contributed by atoms with Crippen LogP contribution in [-0.4, -0.2) is 99.0 Å². The van der Waals surface area contributed by atoms with Gasteiger partial charge < -0.3 is 0 Å². The van der Waals surface area contributed by atoms with Gasteiger partial charge in [-0.2, -0.15) is 44.1 Å². The lowest BCUT2D eigenvalue weighted by Crippen LogP contribution is -2.66. The molecule has 16 heteroatoms. The van der Waals surface area contributed by atoms with E-state index < -0.39 is 49.7 Å². The van der Waals surface area contributed by atoms with Crippen LogP contribution in [0.3, 0.4) is 0 Å². The average Bonchev–Trinajstić information content (AvgIpc) is 2.44. The molecule has 1 fully saturated rings. The van der Waals surface area contributed by atoms with Crippen molar-refractivity contribution in [3.8, 4) is 0 Å². The summed E-state index contributed by atoms with van der Waals surface area (Å²) in [6.07, 6.45) is 0. The third-order valence-electron chi connectivity index (χ3n) is 3.78. The van der Waals surface area contributed by atoms with Gasteiger partial charge in [-0.05, 0) is 0 Å². The first-order chi connectivity index (χ1) is 11.2. The minimum Gasteiger partial charge on any atom is -0.281 e.